The van der Waals surface area contributed by atoms with Gasteiger partial charge in [0.15, 0.2) is 23.7 Å². The van der Waals surface area contributed by atoms with Crippen LogP contribution in [0.25, 0.3) is 11.3 Å². The number of nitrogens with zero attached hydrogens (tertiary/aromatic N) is 3. The molecule has 0 atom stereocenters. The summed E-state index contributed by atoms with van der Waals surface area (Å²) in [5.41, 5.74) is 0.199. The number of methoxy groups -OCH3 is 1. The largest absolute Gasteiger partial charge is 0.494 e. The average Bonchev–Trinajstić information content (AvgIpc) is 3.47. The number of hydrogen-bond donors (Lipinski definition) is 3. The average molecular weight is 429 g/mol. The normalized spacial score (nSPS) is 14.7. The molecule has 160 valence electrons. The van der Waals surface area contributed by atoms with Gasteiger partial charge in [-0.15, -0.1) is 10.2 Å². The van der Waals surface area contributed by atoms with Crippen molar-refractivity contribution in [1.82, 2.24) is 20.5 Å². The van der Waals surface area contributed by atoms with Crippen LogP contribution < -0.4 is 20.7 Å². The first-order chi connectivity index (χ1) is 16.1. The SMILES string of the molecule is [2H]C([2H])([2H])NC(=O)c1nnc(NC(=O)C2CC2)cc1Nc1cc(F)cc(-c2cocn2)c1OC. The molecule has 1 aromatic carbocycles. The van der Waals surface area contributed by atoms with E-state index in [1.54, 1.807) is 0 Å². The molecular weight excluding hydrogens is 407 g/mol. The highest BCUT2D eigenvalue weighted by molar-refractivity contribution is 6.00. The third kappa shape index (κ3) is 4.29. The van der Waals surface area contributed by atoms with Gasteiger partial charge in [-0.2, -0.15) is 0 Å². The van der Waals surface area contributed by atoms with E-state index in [-0.39, 0.29) is 40.3 Å². The van der Waals surface area contributed by atoms with Crippen LogP contribution in [-0.2, 0) is 4.79 Å². The molecule has 0 bridgehead atoms. The summed E-state index contributed by atoms with van der Waals surface area (Å²) in [5.74, 6) is -1.89. The Hall–Kier alpha value is -4.02. The molecule has 0 radical (unpaired) electrons. The topological polar surface area (TPSA) is 131 Å². The Morgan fingerprint density at radius 3 is 2.77 bits per heavy atom. The number of anilines is 3. The van der Waals surface area contributed by atoms with E-state index in [2.05, 4.69) is 25.8 Å². The smallest absolute Gasteiger partial charge is 0.273 e. The maximum atomic E-state index is 14.5. The van der Waals surface area contributed by atoms with Gasteiger partial charge in [-0.3, -0.25) is 9.59 Å². The quantitative estimate of drug-likeness (QED) is 0.522. The van der Waals surface area contributed by atoms with E-state index in [4.69, 9.17) is 13.3 Å². The minimum absolute atomic E-state index is 0.0249. The first kappa shape index (κ1) is 16.7. The standard InChI is InChI=1S/C20H19FN6O4/c1-22-20(29)17-13(7-16(26-27-17)25-19(28)10-3-4-10)24-14-6-11(21)5-12(18(14)30-2)15-8-31-9-23-15/h5-10H,3-4H2,1-2H3,(H,22,29)(H2,24,25,26,28)/i1D3. The Bertz CT molecular complexity index is 1230. The first-order valence-corrected chi connectivity index (χ1v) is 9.19. The van der Waals surface area contributed by atoms with Gasteiger partial charge in [0.05, 0.1) is 24.0 Å². The fourth-order valence-corrected chi connectivity index (χ4v) is 2.94. The Morgan fingerprint density at radius 1 is 1.26 bits per heavy atom. The van der Waals surface area contributed by atoms with Gasteiger partial charge < -0.3 is 25.1 Å². The van der Waals surface area contributed by atoms with Crippen LogP contribution >= 0.6 is 0 Å². The number of rotatable bonds is 7. The van der Waals surface area contributed by atoms with E-state index in [0.717, 1.165) is 18.9 Å². The monoisotopic (exact) mass is 429 g/mol. The number of halogens is 1. The Kier molecular flexibility index (Phi) is 4.53. The van der Waals surface area contributed by atoms with Crippen LogP contribution in [0, 0.1) is 11.7 Å². The summed E-state index contributed by atoms with van der Waals surface area (Å²) in [6.07, 6.45) is 3.99. The van der Waals surface area contributed by atoms with Gasteiger partial charge in [0.25, 0.3) is 5.91 Å². The maximum absolute atomic E-state index is 14.5. The third-order valence-electron chi connectivity index (χ3n) is 4.56. The fraction of sp³-hybridized carbons (Fsp3) is 0.250. The molecule has 3 N–H and O–H groups in total. The molecule has 31 heavy (non-hydrogen) atoms. The molecule has 0 unspecified atom stereocenters. The molecule has 2 amide bonds. The Balaban J connectivity index is 1.75. The summed E-state index contributed by atoms with van der Waals surface area (Å²) in [7, 11) is 1.36. The second-order valence-corrected chi connectivity index (χ2v) is 6.74. The number of amides is 2. The Labute approximate surface area is 180 Å². The van der Waals surface area contributed by atoms with Gasteiger partial charge in [-0.25, -0.2) is 9.37 Å². The van der Waals surface area contributed by atoms with Crippen molar-refractivity contribution in [3.63, 3.8) is 0 Å². The number of carbonyl (C=O) groups excluding carboxylic acids is 2. The zero-order valence-corrected chi connectivity index (χ0v) is 16.2. The summed E-state index contributed by atoms with van der Waals surface area (Å²) in [6, 6.07) is 3.59. The van der Waals surface area contributed by atoms with Crippen LogP contribution in [0.1, 0.15) is 27.4 Å². The van der Waals surface area contributed by atoms with Crippen molar-refractivity contribution in [2.24, 2.45) is 5.92 Å². The molecule has 0 spiro atoms. The lowest BCUT2D eigenvalue weighted by molar-refractivity contribution is -0.117. The minimum atomic E-state index is -2.79. The van der Waals surface area contributed by atoms with Crippen molar-refractivity contribution in [2.45, 2.75) is 12.8 Å². The van der Waals surface area contributed by atoms with Crippen LogP contribution in [-0.4, -0.2) is 41.1 Å². The molecule has 2 heterocycles. The highest BCUT2D eigenvalue weighted by atomic mass is 19.1. The molecule has 10 nitrogen and oxygen atoms in total. The van der Waals surface area contributed by atoms with Crippen LogP contribution in [0.3, 0.4) is 0 Å². The molecule has 1 aliphatic rings. The van der Waals surface area contributed by atoms with Gasteiger partial charge in [0.2, 0.25) is 5.91 Å². The van der Waals surface area contributed by atoms with Crippen molar-refractivity contribution in [3.8, 4) is 17.0 Å². The molecule has 3 aromatic rings. The van der Waals surface area contributed by atoms with Crippen LogP contribution in [0.5, 0.6) is 5.75 Å². The molecule has 2 aromatic heterocycles. The number of hydrogen-bond acceptors (Lipinski definition) is 8. The number of oxazole rings is 1. The van der Waals surface area contributed by atoms with E-state index < -0.39 is 24.4 Å². The van der Waals surface area contributed by atoms with Crippen molar-refractivity contribution < 1.29 is 27.2 Å². The van der Waals surface area contributed by atoms with Crippen molar-refractivity contribution >= 4 is 29.0 Å². The highest BCUT2D eigenvalue weighted by Crippen LogP contribution is 2.39. The molecule has 1 aliphatic carbocycles. The van der Waals surface area contributed by atoms with Crippen LogP contribution in [0.15, 0.2) is 35.3 Å². The van der Waals surface area contributed by atoms with Crippen molar-refractivity contribution in [2.75, 3.05) is 24.7 Å². The molecular formula is C20H19FN6O4. The van der Waals surface area contributed by atoms with Gasteiger partial charge in [-0.1, -0.05) is 0 Å². The lowest BCUT2D eigenvalue weighted by Gasteiger charge is -2.16. The van der Waals surface area contributed by atoms with E-state index >= 15 is 0 Å². The summed E-state index contributed by atoms with van der Waals surface area (Å²) in [6.45, 7) is -2.79. The summed E-state index contributed by atoms with van der Waals surface area (Å²) >= 11 is 0. The number of ether oxygens (including phenoxy) is 1. The lowest BCUT2D eigenvalue weighted by Crippen LogP contribution is -2.22. The molecule has 0 aliphatic heterocycles. The summed E-state index contributed by atoms with van der Waals surface area (Å²) in [5, 5.41) is 14.9. The number of nitrogens with one attached hydrogen (secondary N) is 3. The van der Waals surface area contributed by atoms with Crippen molar-refractivity contribution in [3.05, 3.63) is 42.4 Å². The predicted octanol–water partition coefficient (Wildman–Crippen LogP) is 2.73. The third-order valence-corrected chi connectivity index (χ3v) is 4.56. The molecule has 1 fully saturated rings. The number of aromatic nitrogens is 3. The second-order valence-electron chi connectivity index (χ2n) is 6.74. The van der Waals surface area contributed by atoms with Crippen molar-refractivity contribution in [1.29, 1.82) is 0 Å². The van der Waals surface area contributed by atoms with Gasteiger partial charge in [-0.05, 0) is 18.9 Å². The van der Waals surface area contributed by atoms with Crippen LogP contribution in [0.4, 0.5) is 21.6 Å². The predicted molar refractivity (Wildman–Crippen MR) is 109 cm³/mol. The van der Waals surface area contributed by atoms with E-state index in [1.807, 2.05) is 5.32 Å². The number of carbonyl (C=O) groups is 2. The molecule has 0 saturated heterocycles. The molecule has 11 heteroatoms. The van der Waals surface area contributed by atoms with Gasteiger partial charge in [0, 0.05) is 29.1 Å². The summed E-state index contributed by atoms with van der Waals surface area (Å²) < 4.78 is 46.7. The first-order valence-electron chi connectivity index (χ1n) is 10.7. The van der Waals surface area contributed by atoms with Crippen LogP contribution in [0.2, 0.25) is 0 Å². The second kappa shape index (κ2) is 8.38. The number of benzene rings is 1. The maximum Gasteiger partial charge on any atom is 0.273 e. The lowest BCUT2D eigenvalue weighted by atomic mass is 10.1. The van der Waals surface area contributed by atoms with E-state index in [9.17, 15) is 14.0 Å². The van der Waals surface area contributed by atoms with E-state index in [1.165, 1.54) is 31.9 Å². The molecule has 4 rings (SSSR count). The summed E-state index contributed by atoms with van der Waals surface area (Å²) in [4.78, 5) is 28.7. The van der Waals surface area contributed by atoms with Gasteiger partial charge >= 0.3 is 0 Å². The molecule has 1 saturated carbocycles. The van der Waals surface area contributed by atoms with Gasteiger partial charge in [0.1, 0.15) is 17.8 Å². The minimum Gasteiger partial charge on any atom is -0.494 e. The fourth-order valence-electron chi connectivity index (χ4n) is 2.94. The zero-order valence-electron chi connectivity index (χ0n) is 19.2. The zero-order chi connectivity index (χ0) is 24.5. The highest BCUT2D eigenvalue weighted by Gasteiger charge is 2.30. The van der Waals surface area contributed by atoms with E-state index in [0.29, 0.717) is 5.69 Å². The Morgan fingerprint density at radius 2 is 2.10 bits per heavy atom.